The highest BCUT2D eigenvalue weighted by Crippen LogP contribution is 2.32. The fourth-order valence-corrected chi connectivity index (χ4v) is 2.91. The lowest BCUT2D eigenvalue weighted by Gasteiger charge is -2.28. The summed E-state index contributed by atoms with van der Waals surface area (Å²) in [5, 5.41) is 3.05. The molecule has 1 amide bonds. The number of amides is 1. The predicted octanol–water partition coefficient (Wildman–Crippen LogP) is 1.43. The Kier molecular flexibility index (Phi) is 3.76. The van der Waals surface area contributed by atoms with Crippen molar-refractivity contribution in [2.24, 2.45) is 5.73 Å². The van der Waals surface area contributed by atoms with E-state index >= 15 is 0 Å². The van der Waals surface area contributed by atoms with Crippen molar-refractivity contribution in [3.8, 4) is 0 Å². The molecule has 1 heterocycles. The molecule has 1 saturated heterocycles. The molecule has 1 atom stereocenters. The quantitative estimate of drug-likeness (QED) is 0.853. The molecule has 1 aromatic rings. The average molecular weight is 273 g/mol. The Bertz CT molecular complexity index is 464. The van der Waals surface area contributed by atoms with E-state index in [-0.39, 0.29) is 11.9 Å². The van der Waals surface area contributed by atoms with Gasteiger partial charge >= 0.3 is 0 Å². The topological polar surface area (TPSA) is 58.4 Å². The van der Waals surface area contributed by atoms with E-state index in [1.54, 1.807) is 0 Å². The van der Waals surface area contributed by atoms with Crippen LogP contribution in [-0.4, -0.2) is 36.0 Å². The molecular weight excluding hydrogens is 250 g/mol. The monoisotopic (exact) mass is 273 g/mol. The Hall–Kier alpha value is -1.39. The van der Waals surface area contributed by atoms with E-state index in [4.69, 9.17) is 5.73 Å². The van der Waals surface area contributed by atoms with E-state index in [1.165, 1.54) is 18.4 Å². The number of carbonyl (C=O) groups is 1. The van der Waals surface area contributed by atoms with Gasteiger partial charge in [-0.2, -0.15) is 0 Å². The van der Waals surface area contributed by atoms with Gasteiger partial charge in [-0.15, -0.1) is 0 Å². The van der Waals surface area contributed by atoms with Crippen LogP contribution in [0.5, 0.6) is 0 Å². The molecular formula is C16H23N3O. The SMILES string of the molecule is NC1(C(=O)NCC(c2ccccc2)N2CCCC2)CC1. The van der Waals surface area contributed by atoms with Gasteiger partial charge in [-0.1, -0.05) is 30.3 Å². The molecule has 2 fully saturated rings. The number of nitrogens with one attached hydrogen (secondary N) is 1. The normalized spacial score (nSPS) is 22.4. The lowest BCUT2D eigenvalue weighted by atomic mass is 10.1. The van der Waals surface area contributed by atoms with Crippen molar-refractivity contribution < 1.29 is 4.79 Å². The molecule has 2 aliphatic rings. The van der Waals surface area contributed by atoms with Crippen LogP contribution in [0.25, 0.3) is 0 Å². The number of nitrogens with zero attached hydrogens (tertiary/aromatic N) is 1. The van der Waals surface area contributed by atoms with Gasteiger partial charge in [0, 0.05) is 6.54 Å². The predicted molar refractivity (Wildman–Crippen MR) is 79.2 cm³/mol. The first-order chi connectivity index (χ1) is 9.69. The van der Waals surface area contributed by atoms with Gasteiger partial charge in [0.15, 0.2) is 0 Å². The number of hydrogen-bond donors (Lipinski definition) is 2. The first kappa shape index (κ1) is 13.6. The van der Waals surface area contributed by atoms with Crippen molar-refractivity contribution in [3.05, 3.63) is 35.9 Å². The first-order valence-corrected chi connectivity index (χ1v) is 7.55. The summed E-state index contributed by atoms with van der Waals surface area (Å²) in [5.41, 5.74) is 6.64. The number of hydrogen-bond acceptors (Lipinski definition) is 3. The standard InChI is InChI=1S/C16H23N3O/c17-16(8-9-16)15(20)18-12-14(19-10-4-5-11-19)13-6-2-1-3-7-13/h1-3,6-7,14H,4-5,8-12,17H2,(H,18,20). The van der Waals surface area contributed by atoms with Crippen LogP contribution in [0.3, 0.4) is 0 Å². The summed E-state index contributed by atoms with van der Waals surface area (Å²) in [7, 11) is 0. The smallest absolute Gasteiger partial charge is 0.240 e. The Morgan fingerprint density at radius 1 is 1.25 bits per heavy atom. The van der Waals surface area contributed by atoms with Crippen molar-refractivity contribution in [1.29, 1.82) is 0 Å². The van der Waals surface area contributed by atoms with E-state index in [1.807, 2.05) is 6.07 Å². The Balaban J connectivity index is 1.67. The third-order valence-electron chi connectivity index (χ3n) is 4.46. The molecule has 3 rings (SSSR count). The number of nitrogens with two attached hydrogens (primary N) is 1. The molecule has 1 unspecified atom stereocenters. The summed E-state index contributed by atoms with van der Waals surface area (Å²) < 4.78 is 0. The van der Waals surface area contributed by atoms with Crippen LogP contribution >= 0.6 is 0 Å². The summed E-state index contributed by atoms with van der Waals surface area (Å²) in [6.07, 6.45) is 4.13. The number of likely N-dealkylation sites (tertiary alicyclic amines) is 1. The van der Waals surface area contributed by atoms with Gasteiger partial charge in [0.05, 0.1) is 11.6 Å². The first-order valence-electron chi connectivity index (χ1n) is 7.55. The van der Waals surface area contributed by atoms with Gasteiger partial charge in [-0.05, 0) is 44.3 Å². The zero-order chi connectivity index (χ0) is 14.0. The molecule has 1 aromatic carbocycles. The van der Waals surface area contributed by atoms with E-state index in [9.17, 15) is 4.79 Å². The van der Waals surface area contributed by atoms with Crippen LogP contribution in [-0.2, 0) is 4.79 Å². The zero-order valence-corrected chi connectivity index (χ0v) is 11.8. The highest BCUT2D eigenvalue weighted by molar-refractivity contribution is 5.88. The second-order valence-electron chi connectivity index (χ2n) is 6.04. The van der Waals surface area contributed by atoms with E-state index in [0.717, 1.165) is 25.9 Å². The van der Waals surface area contributed by atoms with Crippen LogP contribution < -0.4 is 11.1 Å². The maximum absolute atomic E-state index is 12.0. The second-order valence-corrected chi connectivity index (χ2v) is 6.04. The third-order valence-corrected chi connectivity index (χ3v) is 4.46. The Labute approximate surface area is 120 Å². The van der Waals surface area contributed by atoms with Crippen LogP contribution in [0.4, 0.5) is 0 Å². The number of rotatable bonds is 5. The Morgan fingerprint density at radius 2 is 1.90 bits per heavy atom. The van der Waals surface area contributed by atoms with E-state index in [2.05, 4.69) is 34.5 Å². The highest BCUT2D eigenvalue weighted by Gasteiger charge is 2.46. The molecule has 108 valence electrons. The lowest BCUT2D eigenvalue weighted by Crippen LogP contribution is -2.46. The van der Waals surface area contributed by atoms with E-state index < -0.39 is 5.54 Å². The van der Waals surface area contributed by atoms with E-state index in [0.29, 0.717) is 6.54 Å². The van der Waals surface area contributed by atoms with Crippen molar-refractivity contribution in [2.45, 2.75) is 37.3 Å². The van der Waals surface area contributed by atoms with Crippen molar-refractivity contribution in [1.82, 2.24) is 10.2 Å². The summed E-state index contributed by atoms with van der Waals surface area (Å²) in [4.78, 5) is 14.5. The van der Waals surface area contributed by atoms with Crippen molar-refractivity contribution >= 4 is 5.91 Å². The van der Waals surface area contributed by atoms with Gasteiger partial charge in [-0.3, -0.25) is 9.69 Å². The molecule has 20 heavy (non-hydrogen) atoms. The minimum atomic E-state index is -0.577. The van der Waals surface area contributed by atoms with Crippen LogP contribution in [0, 0.1) is 0 Å². The largest absolute Gasteiger partial charge is 0.353 e. The molecule has 0 spiro atoms. The molecule has 0 aromatic heterocycles. The summed E-state index contributed by atoms with van der Waals surface area (Å²) in [5.74, 6) is 0.0117. The third kappa shape index (κ3) is 2.86. The van der Waals surface area contributed by atoms with Gasteiger partial charge < -0.3 is 11.1 Å². The molecule has 0 radical (unpaired) electrons. The van der Waals surface area contributed by atoms with Gasteiger partial charge in [0.25, 0.3) is 0 Å². The van der Waals surface area contributed by atoms with Gasteiger partial charge in [0.2, 0.25) is 5.91 Å². The second kappa shape index (κ2) is 5.54. The van der Waals surface area contributed by atoms with Gasteiger partial charge in [-0.25, -0.2) is 0 Å². The molecule has 4 heteroatoms. The van der Waals surface area contributed by atoms with Crippen LogP contribution in [0.15, 0.2) is 30.3 Å². The van der Waals surface area contributed by atoms with Crippen LogP contribution in [0.1, 0.15) is 37.3 Å². The molecule has 0 bridgehead atoms. The number of benzene rings is 1. The summed E-state index contributed by atoms with van der Waals surface area (Å²) >= 11 is 0. The molecule has 4 nitrogen and oxygen atoms in total. The maximum Gasteiger partial charge on any atom is 0.240 e. The molecule has 1 aliphatic heterocycles. The van der Waals surface area contributed by atoms with Gasteiger partial charge in [0.1, 0.15) is 0 Å². The molecule has 1 saturated carbocycles. The summed E-state index contributed by atoms with van der Waals surface area (Å²) in [6.45, 7) is 2.88. The zero-order valence-electron chi connectivity index (χ0n) is 11.8. The maximum atomic E-state index is 12.0. The highest BCUT2D eigenvalue weighted by atomic mass is 16.2. The minimum absolute atomic E-state index is 0.0117. The Morgan fingerprint density at radius 3 is 2.50 bits per heavy atom. The minimum Gasteiger partial charge on any atom is -0.353 e. The van der Waals surface area contributed by atoms with Crippen molar-refractivity contribution in [3.63, 3.8) is 0 Å². The average Bonchev–Trinajstić information content (AvgIpc) is 3.02. The molecule has 3 N–H and O–H groups in total. The number of carbonyl (C=O) groups excluding carboxylic acids is 1. The fraction of sp³-hybridized carbons (Fsp3) is 0.562. The lowest BCUT2D eigenvalue weighted by molar-refractivity contribution is -0.123. The fourth-order valence-electron chi connectivity index (χ4n) is 2.91. The molecule has 1 aliphatic carbocycles. The summed E-state index contributed by atoms with van der Waals surface area (Å²) in [6, 6.07) is 10.7. The van der Waals surface area contributed by atoms with Crippen molar-refractivity contribution in [2.75, 3.05) is 19.6 Å². The van der Waals surface area contributed by atoms with Crippen LogP contribution in [0.2, 0.25) is 0 Å².